The standard InChI is InChI=1S/C8H6O2S/c1-6-7(4-5-11-6)2-3-8(9)10/h4-5H,1H3,(H,9,10). The molecular weight excluding hydrogens is 160 g/mol. The topological polar surface area (TPSA) is 37.3 Å². The molecule has 1 heterocycles. The van der Waals surface area contributed by atoms with Crippen LogP contribution in [0.25, 0.3) is 0 Å². The molecule has 0 amide bonds. The second-order valence-corrected chi connectivity index (χ2v) is 3.07. The minimum absolute atomic E-state index is 0.803. The van der Waals surface area contributed by atoms with Gasteiger partial charge < -0.3 is 5.11 Å². The van der Waals surface area contributed by atoms with Gasteiger partial charge in [-0.2, -0.15) is 0 Å². The van der Waals surface area contributed by atoms with Crippen molar-refractivity contribution in [3.63, 3.8) is 0 Å². The number of carbonyl (C=O) groups is 1. The SMILES string of the molecule is Cc1sccc1C#CC(=O)O. The molecule has 0 radical (unpaired) electrons. The summed E-state index contributed by atoms with van der Waals surface area (Å²) in [5, 5.41) is 10.1. The van der Waals surface area contributed by atoms with E-state index in [4.69, 9.17) is 5.11 Å². The Balaban J connectivity index is 2.90. The second kappa shape index (κ2) is 3.22. The van der Waals surface area contributed by atoms with Crippen LogP contribution >= 0.6 is 11.3 Å². The summed E-state index contributed by atoms with van der Waals surface area (Å²) < 4.78 is 0. The maximum atomic E-state index is 10.0. The molecule has 0 aromatic carbocycles. The van der Waals surface area contributed by atoms with E-state index in [1.54, 1.807) is 11.3 Å². The van der Waals surface area contributed by atoms with Crippen LogP contribution in [-0.2, 0) is 4.79 Å². The number of hydrogen-bond donors (Lipinski definition) is 1. The van der Waals surface area contributed by atoms with Gasteiger partial charge in [0.15, 0.2) is 0 Å². The highest BCUT2D eigenvalue weighted by Crippen LogP contribution is 2.12. The zero-order chi connectivity index (χ0) is 8.27. The van der Waals surface area contributed by atoms with E-state index in [2.05, 4.69) is 11.8 Å². The van der Waals surface area contributed by atoms with Gasteiger partial charge in [-0.25, -0.2) is 4.79 Å². The van der Waals surface area contributed by atoms with Crippen LogP contribution in [0.15, 0.2) is 11.4 Å². The fourth-order valence-corrected chi connectivity index (χ4v) is 1.29. The highest BCUT2D eigenvalue weighted by atomic mass is 32.1. The molecule has 0 aliphatic carbocycles. The molecule has 0 spiro atoms. The Bertz CT molecular complexity index is 327. The van der Waals surface area contributed by atoms with Gasteiger partial charge in [0.25, 0.3) is 0 Å². The lowest BCUT2D eigenvalue weighted by atomic mass is 10.3. The Morgan fingerprint density at radius 2 is 2.45 bits per heavy atom. The van der Waals surface area contributed by atoms with Crippen molar-refractivity contribution in [1.82, 2.24) is 0 Å². The molecule has 11 heavy (non-hydrogen) atoms. The van der Waals surface area contributed by atoms with Crippen molar-refractivity contribution < 1.29 is 9.90 Å². The first-order chi connectivity index (χ1) is 5.20. The van der Waals surface area contributed by atoms with E-state index in [1.165, 1.54) is 0 Å². The largest absolute Gasteiger partial charge is 0.472 e. The van der Waals surface area contributed by atoms with Gasteiger partial charge in [-0.05, 0) is 18.4 Å². The average molecular weight is 166 g/mol. The Labute approximate surface area is 68.5 Å². The van der Waals surface area contributed by atoms with E-state index in [0.29, 0.717) is 0 Å². The number of carboxylic acid groups (broad SMARTS) is 1. The molecule has 0 saturated carbocycles. The van der Waals surface area contributed by atoms with Crippen molar-refractivity contribution in [2.75, 3.05) is 0 Å². The van der Waals surface area contributed by atoms with Gasteiger partial charge in [-0.15, -0.1) is 11.3 Å². The first-order valence-corrected chi connectivity index (χ1v) is 3.87. The minimum atomic E-state index is -1.09. The van der Waals surface area contributed by atoms with E-state index >= 15 is 0 Å². The third-order valence-electron chi connectivity index (χ3n) is 1.16. The van der Waals surface area contributed by atoms with Crippen molar-refractivity contribution in [3.8, 4) is 11.8 Å². The normalized spacial score (nSPS) is 8.45. The number of thiophene rings is 1. The fourth-order valence-electron chi connectivity index (χ4n) is 0.635. The number of aliphatic carboxylic acids is 1. The van der Waals surface area contributed by atoms with Crippen LogP contribution in [0, 0.1) is 18.8 Å². The summed E-state index contributed by atoms with van der Waals surface area (Å²) in [5.74, 6) is 3.53. The van der Waals surface area contributed by atoms with Gasteiger partial charge in [-0.3, -0.25) is 0 Å². The molecule has 2 nitrogen and oxygen atoms in total. The van der Waals surface area contributed by atoms with E-state index in [9.17, 15) is 4.79 Å². The average Bonchev–Trinajstić information content (AvgIpc) is 2.31. The summed E-state index contributed by atoms with van der Waals surface area (Å²) in [6, 6.07) is 1.82. The lowest BCUT2D eigenvalue weighted by Crippen LogP contribution is -1.86. The zero-order valence-electron chi connectivity index (χ0n) is 5.92. The summed E-state index contributed by atoms with van der Waals surface area (Å²) in [6.45, 7) is 1.91. The van der Waals surface area contributed by atoms with Crippen molar-refractivity contribution in [2.24, 2.45) is 0 Å². The molecule has 0 aliphatic heterocycles. The molecule has 0 unspecified atom stereocenters. The third kappa shape index (κ3) is 2.10. The number of carboxylic acids is 1. The van der Waals surface area contributed by atoms with Crippen LogP contribution < -0.4 is 0 Å². The highest BCUT2D eigenvalue weighted by molar-refractivity contribution is 7.10. The van der Waals surface area contributed by atoms with Crippen LogP contribution in [0.5, 0.6) is 0 Å². The predicted molar refractivity (Wildman–Crippen MR) is 43.6 cm³/mol. The molecule has 1 N–H and O–H groups in total. The van der Waals surface area contributed by atoms with Gasteiger partial charge in [0.1, 0.15) is 0 Å². The number of hydrogen-bond acceptors (Lipinski definition) is 2. The van der Waals surface area contributed by atoms with Gasteiger partial charge in [0.05, 0.1) is 0 Å². The van der Waals surface area contributed by atoms with Gasteiger partial charge >= 0.3 is 5.97 Å². The molecule has 0 bridgehead atoms. The predicted octanol–water partition coefficient (Wildman–Crippen LogP) is 1.49. The number of rotatable bonds is 0. The van der Waals surface area contributed by atoms with Crippen LogP contribution in [0.1, 0.15) is 10.4 Å². The van der Waals surface area contributed by atoms with Gasteiger partial charge in [-0.1, -0.05) is 5.92 Å². The summed E-state index contributed by atoms with van der Waals surface area (Å²) in [7, 11) is 0. The van der Waals surface area contributed by atoms with Crippen molar-refractivity contribution in [1.29, 1.82) is 0 Å². The molecule has 1 aromatic rings. The van der Waals surface area contributed by atoms with Crippen LogP contribution in [0.4, 0.5) is 0 Å². The molecule has 0 atom stereocenters. The fraction of sp³-hybridized carbons (Fsp3) is 0.125. The quantitative estimate of drug-likeness (QED) is 0.593. The van der Waals surface area contributed by atoms with Crippen LogP contribution in [0.2, 0.25) is 0 Å². The molecule has 1 rings (SSSR count). The van der Waals surface area contributed by atoms with Crippen molar-refractivity contribution in [3.05, 3.63) is 21.9 Å². The smallest absolute Gasteiger partial charge is 0.382 e. The van der Waals surface area contributed by atoms with Crippen molar-refractivity contribution >= 4 is 17.3 Å². The maximum absolute atomic E-state index is 10.0. The summed E-state index contributed by atoms with van der Waals surface area (Å²) in [6.07, 6.45) is 0. The van der Waals surface area contributed by atoms with E-state index < -0.39 is 5.97 Å². The lowest BCUT2D eigenvalue weighted by Gasteiger charge is -1.81. The maximum Gasteiger partial charge on any atom is 0.382 e. The van der Waals surface area contributed by atoms with Gasteiger partial charge in [0, 0.05) is 16.4 Å². The zero-order valence-corrected chi connectivity index (χ0v) is 6.73. The molecule has 56 valence electrons. The molecular formula is C8H6O2S. The lowest BCUT2D eigenvalue weighted by molar-refractivity contribution is -0.130. The minimum Gasteiger partial charge on any atom is -0.472 e. The molecule has 3 heteroatoms. The van der Waals surface area contributed by atoms with E-state index in [1.807, 2.05) is 18.4 Å². The Morgan fingerprint density at radius 3 is 2.91 bits per heavy atom. The first kappa shape index (κ1) is 7.83. The molecule has 0 fully saturated rings. The number of aryl methyl sites for hydroxylation is 1. The first-order valence-electron chi connectivity index (χ1n) is 2.99. The third-order valence-corrected chi connectivity index (χ3v) is 2.01. The van der Waals surface area contributed by atoms with Crippen molar-refractivity contribution in [2.45, 2.75) is 6.92 Å². The molecule has 1 aromatic heterocycles. The Morgan fingerprint density at radius 1 is 1.73 bits per heavy atom. The summed E-state index contributed by atoms with van der Waals surface area (Å²) in [5.41, 5.74) is 0.803. The van der Waals surface area contributed by atoms with E-state index in [0.717, 1.165) is 10.4 Å². The monoisotopic (exact) mass is 166 g/mol. The summed E-state index contributed by atoms with van der Waals surface area (Å²) in [4.78, 5) is 11.1. The highest BCUT2D eigenvalue weighted by Gasteiger charge is 1.93. The van der Waals surface area contributed by atoms with Gasteiger partial charge in [0.2, 0.25) is 0 Å². The van der Waals surface area contributed by atoms with Crippen LogP contribution in [-0.4, -0.2) is 11.1 Å². The van der Waals surface area contributed by atoms with E-state index in [-0.39, 0.29) is 0 Å². The Kier molecular flexibility index (Phi) is 2.29. The van der Waals surface area contributed by atoms with Crippen LogP contribution in [0.3, 0.4) is 0 Å². The molecule has 0 aliphatic rings. The molecule has 0 saturated heterocycles. The summed E-state index contributed by atoms with van der Waals surface area (Å²) >= 11 is 1.56. The Hall–Kier alpha value is -1.27. The second-order valence-electron chi connectivity index (χ2n) is 1.95.